The van der Waals surface area contributed by atoms with Crippen LogP contribution in [0.1, 0.15) is 0 Å². The number of aliphatic imine (C=N–C) groups is 1. The van der Waals surface area contributed by atoms with Gasteiger partial charge in [-0.3, -0.25) is 0 Å². The summed E-state index contributed by atoms with van der Waals surface area (Å²) in [7, 11) is 0. The van der Waals surface area contributed by atoms with Gasteiger partial charge in [-0.15, -0.1) is 0 Å². The highest BCUT2D eigenvalue weighted by atomic mass is 14.9. The summed E-state index contributed by atoms with van der Waals surface area (Å²) in [5.74, 6) is 1.04. The SMILES string of the molecule is C=Nc1cccc(N)n1. The van der Waals surface area contributed by atoms with E-state index in [1.165, 1.54) is 0 Å². The van der Waals surface area contributed by atoms with E-state index in [0.29, 0.717) is 11.6 Å². The Morgan fingerprint density at radius 2 is 2.33 bits per heavy atom. The highest BCUT2D eigenvalue weighted by Gasteiger charge is 1.86. The lowest BCUT2D eigenvalue weighted by Gasteiger charge is -1.90. The van der Waals surface area contributed by atoms with Crippen molar-refractivity contribution < 1.29 is 0 Å². The first-order chi connectivity index (χ1) is 4.33. The predicted octanol–water partition coefficient (Wildman–Crippen LogP) is 0.996. The van der Waals surface area contributed by atoms with Crippen LogP contribution in [0.2, 0.25) is 0 Å². The van der Waals surface area contributed by atoms with Gasteiger partial charge >= 0.3 is 0 Å². The third kappa shape index (κ3) is 1.25. The Kier molecular flexibility index (Phi) is 1.44. The van der Waals surface area contributed by atoms with E-state index in [1.807, 2.05) is 0 Å². The lowest BCUT2D eigenvalue weighted by Crippen LogP contribution is -1.86. The molecule has 0 amide bonds. The zero-order valence-electron chi connectivity index (χ0n) is 4.91. The number of pyridine rings is 1. The highest BCUT2D eigenvalue weighted by molar-refractivity contribution is 5.43. The van der Waals surface area contributed by atoms with Gasteiger partial charge in [0.05, 0.1) is 0 Å². The smallest absolute Gasteiger partial charge is 0.153 e. The molecule has 0 atom stereocenters. The average Bonchev–Trinajstić information content (AvgIpc) is 1.88. The fourth-order valence-corrected chi connectivity index (χ4v) is 0.528. The van der Waals surface area contributed by atoms with Crippen molar-refractivity contribution in [3.63, 3.8) is 0 Å². The van der Waals surface area contributed by atoms with Gasteiger partial charge in [-0.25, -0.2) is 9.98 Å². The van der Waals surface area contributed by atoms with E-state index in [9.17, 15) is 0 Å². The van der Waals surface area contributed by atoms with E-state index in [1.54, 1.807) is 18.2 Å². The van der Waals surface area contributed by atoms with Crippen molar-refractivity contribution in [1.29, 1.82) is 0 Å². The molecule has 0 aliphatic rings. The number of hydrogen-bond donors (Lipinski definition) is 1. The van der Waals surface area contributed by atoms with E-state index in [2.05, 4.69) is 16.7 Å². The maximum Gasteiger partial charge on any atom is 0.153 e. The van der Waals surface area contributed by atoms with Gasteiger partial charge in [-0.2, -0.15) is 0 Å². The normalized spacial score (nSPS) is 8.89. The first-order valence-electron chi connectivity index (χ1n) is 2.52. The van der Waals surface area contributed by atoms with Gasteiger partial charge in [0.2, 0.25) is 0 Å². The average molecular weight is 121 g/mol. The molecule has 1 rings (SSSR count). The van der Waals surface area contributed by atoms with Crippen LogP contribution < -0.4 is 5.73 Å². The molecule has 0 aromatic carbocycles. The maximum atomic E-state index is 5.34. The van der Waals surface area contributed by atoms with E-state index >= 15 is 0 Å². The quantitative estimate of drug-likeness (QED) is 0.563. The van der Waals surface area contributed by atoms with Crippen LogP contribution in [-0.4, -0.2) is 11.7 Å². The van der Waals surface area contributed by atoms with Crippen molar-refractivity contribution in [3.05, 3.63) is 18.2 Å². The van der Waals surface area contributed by atoms with Crippen LogP contribution in [0.4, 0.5) is 11.6 Å². The molecule has 1 aromatic heterocycles. The fraction of sp³-hybridized carbons (Fsp3) is 0. The number of nitrogens with two attached hydrogens (primary N) is 1. The molecule has 9 heavy (non-hydrogen) atoms. The third-order valence-electron chi connectivity index (χ3n) is 0.918. The molecule has 0 unspecified atom stereocenters. The van der Waals surface area contributed by atoms with E-state index in [4.69, 9.17) is 5.73 Å². The summed E-state index contributed by atoms with van der Waals surface area (Å²) >= 11 is 0. The van der Waals surface area contributed by atoms with E-state index < -0.39 is 0 Å². The lowest BCUT2D eigenvalue weighted by molar-refractivity contribution is 1.29. The van der Waals surface area contributed by atoms with Gasteiger partial charge in [-0.05, 0) is 18.9 Å². The predicted molar refractivity (Wildman–Crippen MR) is 37.9 cm³/mol. The van der Waals surface area contributed by atoms with Crippen molar-refractivity contribution in [3.8, 4) is 0 Å². The van der Waals surface area contributed by atoms with Crippen molar-refractivity contribution >= 4 is 18.4 Å². The Morgan fingerprint density at radius 1 is 1.56 bits per heavy atom. The third-order valence-corrected chi connectivity index (χ3v) is 0.918. The summed E-state index contributed by atoms with van der Waals surface area (Å²) < 4.78 is 0. The van der Waals surface area contributed by atoms with Crippen LogP contribution in [0.3, 0.4) is 0 Å². The summed E-state index contributed by atoms with van der Waals surface area (Å²) in [4.78, 5) is 7.43. The molecule has 0 bridgehead atoms. The Balaban J connectivity index is 3.07. The zero-order valence-corrected chi connectivity index (χ0v) is 4.91. The molecular formula is C6H7N3. The summed E-state index contributed by atoms with van der Waals surface area (Å²) in [5, 5.41) is 0. The second kappa shape index (κ2) is 2.26. The van der Waals surface area contributed by atoms with Crippen LogP contribution in [-0.2, 0) is 0 Å². The van der Waals surface area contributed by atoms with Crippen LogP contribution in [0.25, 0.3) is 0 Å². The van der Waals surface area contributed by atoms with Crippen LogP contribution in [0, 0.1) is 0 Å². The molecule has 3 nitrogen and oxygen atoms in total. The van der Waals surface area contributed by atoms with Crippen molar-refractivity contribution in [2.75, 3.05) is 5.73 Å². The van der Waals surface area contributed by atoms with Gasteiger partial charge in [0.1, 0.15) is 5.82 Å². The fourth-order valence-electron chi connectivity index (χ4n) is 0.528. The maximum absolute atomic E-state index is 5.34. The van der Waals surface area contributed by atoms with E-state index in [-0.39, 0.29) is 0 Å². The van der Waals surface area contributed by atoms with Gasteiger partial charge in [0, 0.05) is 0 Å². The summed E-state index contributed by atoms with van der Waals surface area (Å²) in [5.41, 5.74) is 5.34. The first kappa shape index (κ1) is 5.75. The standard InChI is InChI=1S/C6H7N3/c1-8-6-4-2-3-5(7)9-6/h2-4H,1H2,(H2,7,9). The molecule has 3 heteroatoms. The Hall–Kier alpha value is -1.38. The largest absolute Gasteiger partial charge is 0.384 e. The number of hydrogen-bond acceptors (Lipinski definition) is 3. The van der Waals surface area contributed by atoms with Crippen LogP contribution in [0.15, 0.2) is 23.2 Å². The molecular weight excluding hydrogens is 114 g/mol. The minimum Gasteiger partial charge on any atom is -0.384 e. The Bertz CT molecular complexity index is 219. The second-order valence-corrected chi connectivity index (χ2v) is 1.58. The number of anilines is 1. The Labute approximate surface area is 53.3 Å². The summed E-state index contributed by atoms with van der Waals surface area (Å²) in [6.07, 6.45) is 0. The molecule has 0 saturated carbocycles. The van der Waals surface area contributed by atoms with Crippen LogP contribution >= 0.6 is 0 Å². The Morgan fingerprint density at radius 3 is 2.78 bits per heavy atom. The molecule has 0 spiro atoms. The van der Waals surface area contributed by atoms with Crippen molar-refractivity contribution in [2.24, 2.45) is 4.99 Å². The van der Waals surface area contributed by atoms with Gasteiger partial charge in [0.25, 0.3) is 0 Å². The number of aromatic nitrogens is 1. The van der Waals surface area contributed by atoms with E-state index in [0.717, 1.165) is 0 Å². The van der Waals surface area contributed by atoms with Gasteiger partial charge < -0.3 is 5.73 Å². The molecule has 46 valence electrons. The minimum atomic E-state index is 0.472. The molecule has 0 aliphatic carbocycles. The number of nitrogen functional groups attached to an aromatic ring is 1. The second-order valence-electron chi connectivity index (χ2n) is 1.58. The molecule has 0 radical (unpaired) electrons. The lowest BCUT2D eigenvalue weighted by atomic mass is 10.4. The molecule has 1 aromatic rings. The number of rotatable bonds is 1. The molecule has 0 aliphatic heterocycles. The van der Waals surface area contributed by atoms with Crippen LogP contribution in [0.5, 0.6) is 0 Å². The van der Waals surface area contributed by atoms with Crippen molar-refractivity contribution in [2.45, 2.75) is 0 Å². The minimum absolute atomic E-state index is 0.472. The zero-order chi connectivity index (χ0) is 6.69. The molecule has 0 saturated heterocycles. The monoisotopic (exact) mass is 121 g/mol. The number of nitrogens with zero attached hydrogens (tertiary/aromatic N) is 2. The topological polar surface area (TPSA) is 51.3 Å². The van der Waals surface area contributed by atoms with Crippen molar-refractivity contribution in [1.82, 2.24) is 4.98 Å². The summed E-state index contributed by atoms with van der Waals surface area (Å²) in [6.45, 7) is 3.30. The molecule has 2 N–H and O–H groups in total. The van der Waals surface area contributed by atoms with Gasteiger partial charge in [-0.1, -0.05) is 6.07 Å². The molecule has 0 fully saturated rings. The molecule has 1 heterocycles. The first-order valence-corrected chi connectivity index (χ1v) is 2.52. The highest BCUT2D eigenvalue weighted by Crippen LogP contribution is 2.07. The van der Waals surface area contributed by atoms with Gasteiger partial charge in [0.15, 0.2) is 5.82 Å². The summed E-state index contributed by atoms with van der Waals surface area (Å²) in [6, 6.07) is 5.23.